The predicted molar refractivity (Wildman–Crippen MR) is 57.2 cm³/mol. The van der Waals surface area contributed by atoms with E-state index < -0.39 is 11.9 Å². The Morgan fingerprint density at radius 2 is 2.12 bits per heavy atom. The monoisotopic (exact) mass is 230 g/mol. The molecule has 0 fully saturated rings. The molecule has 92 valence electrons. The zero-order valence-corrected chi connectivity index (χ0v) is 9.56. The number of carbonyl (C=O) groups is 3. The van der Waals surface area contributed by atoms with Gasteiger partial charge in [0.2, 0.25) is 12.3 Å². The van der Waals surface area contributed by atoms with Gasteiger partial charge >= 0.3 is 5.97 Å². The van der Waals surface area contributed by atoms with E-state index in [4.69, 9.17) is 5.73 Å². The van der Waals surface area contributed by atoms with E-state index in [1.165, 1.54) is 7.11 Å². The zero-order valence-electron chi connectivity index (χ0n) is 9.56. The summed E-state index contributed by atoms with van der Waals surface area (Å²) in [5, 5.41) is 2.36. The van der Waals surface area contributed by atoms with E-state index in [0.29, 0.717) is 25.7 Å². The number of rotatable bonds is 8. The van der Waals surface area contributed by atoms with Crippen LogP contribution in [-0.2, 0) is 19.1 Å². The summed E-state index contributed by atoms with van der Waals surface area (Å²) >= 11 is 0. The number of amides is 2. The van der Waals surface area contributed by atoms with Gasteiger partial charge in [-0.1, -0.05) is 6.92 Å². The number of hydrogen-bond acceptors (Lipinski definition) is 4. The van der Waals surface area contributed by atoms with E-state index in [2.05, 4.69) is 10.1 Å². The van der Waals surface area contributed by atoms with Crippen LogP contribution in [0.1, 0.15) is 26.2 Å². The highest BCUT2D eigenvalue weighted by atomic mass is 16.5. The molecule has 0 rings (SSSR count). The van der Waals surface area contributed by atoms with Crippen LogP contribution in [0, 0.1) is 5.92 Å². The van der Waals surface area contributed by atoms with Gasteiger partial charge < -0.3 is 15.8 Å². The first-order valence-electron chi connectivity index (χ1n) is 5.08. The van der Waals surface area contributed by atoms with Crippen molar-refractivity contribution < 1.29 is 19.1 Å². The SMILES string of the molecule is COC(=O)CCC[C@H](C)[C@H](NC=O)C(N)=O. The fourth-order valence-electron chi connectivity index (χ4n) is 1.44. The lowest BCUT2D eigenvalue weighted by Crippen LogP contribution is -2.45. The van der Waals surface area contributed by atoms with E-state index >= 15 is 0 Å². The molecule has 3 N–H and O–H groups in total. The van der Waals surface area contributed by atoms with Crippen LogP contribution in [0.2, 0.25) is 0 Å². The van der Waals surface area contributed by atoms with Crippen molar-refractivity contribution >= 4 is 18.3 Å². The molecule has 6 nitrogen and oxygen atoms in total. The first-order chi connectivity index (χ1) is 7.52. The van der Waals surface area contributed by atoms with Gasteiger partial charge in [0.1, 0.15) is 6.04 Å². The van der Waals surface area contributed by atoms with Crippen LogP contribution < -0.4 is 11.1 Å². The van der Waals surface area contributed by atoms with Gasteiger partial charge in [-0.2, -0.15) is 0 Å². The second-order valence-electron chi connectivity index (χ2n) is 3.61. The molecule has 0 unspecified atom stereocenters. The fourth-order valence-corrected chi connectivity index (χ4v) is 1.44. The molecule has 0 bridgehead atoms. The molecule has 16 heavy (non-hydrogen) atoms. The van der Waals surface area contributed by atoms with Crippen molar-refractivity contribution in [2.45, 2.75) is 32.2 Å². The van der Waals surface area contributed by atoms with Gasteiger partial charge in [-0.15, -0.1) is 0 Å². The Bertz CT molecular complexity index is 255. The van der Waals surface area contributed by atoms with E-state index in [-0.39, 0.29) is 11.9 Å². The Labute approximate surface area is 94.5 Å². The quantitative estimate of drug-likeness (QED) is 0.436. The number of methoxy groups -OCH3 is 1. The average molecular weight is 230 g/mol. The lowest BCUT2D eigenvalue weighted by Gasteiger charge is -2.19. The number of primary amides is 1. The smallest absolute Gasteiger partial charge is 0.305 e. The van der Waals surface area contributed by atoms with Gasteiger partial charge in [-0.25, -0.2) is 0 Å². The number of carbonyl (C=O) groups excluding carboxylic acids is 3. The average Bonchev–Trinajstić information content (AvgIpc) is 2.24. The lowest BCUT2D eigenvalue weighted by molar-refractivity contribution is -0.140. The highest BCUT2D eigenvalue weighted by molar-refractivity contribution is 5.82. The Morgan fingerprint density at radius 1 is 1.50 bits per heavy atom. The Hall–Kier alpha value is -1.59. The van der Waals surface area contributed by atoms with Gasteiger partial charge in [0.15, 0.2) is 0 Å². The highest BCUT2D eigenvalue weighted by Gasteiger charge is 2.21. The van der Waals surface area contributed by atoms with Crippen molar-refractivity contribution in [3.63, 3.8) is 0 Å². The van der Waals surface area contributed by atoms with Gasteiger partial charge in [0.05, 0.1) is 7.11 Å². The highest BCUT2D eigenvalue weighted by Crippen LogP contribution is 2.12. The van der Waals surface area contributed by atoms with Crippen molar-refractivity contribution in [1.29, 1.82) is 0 Å². The molecule has 0 saturated carbocycles. The van der Waals surface area contributed by atoms with Crippen molar-refractivity contribution in [3.8, 4) is 0 Å². The molecule has 0 saturated heterocycles. The molecule has 2 amide bonds. The Kier molecular flexibility index (Phi) is 6.91. The Balaban J connectivity index is 4.00. The second-order valence-corrected chi connectivity index (χ2v) is 3.61. The molecule has 0 aromatic carbocycles. The maximum absolute atomic E-state index is 11.0. The number of hydrogen-bond donors (Lipinski definition) is 2. The van der Waals surface area contributed by atoms with E-state index in [1.807, 2.05) is 0 Å². The summed E-state index contributed by atoms with van der Waals surface area (Å²) in [4.78, 5) is 32.1. The van der Waals surface area contributed by atoms with Gasteiger partial charge in [0.25, 0.3) is 0 Å². The minimum atomic E-state index is -0.685. The molecular weight excluding hydrogens is 212 g/mol. The molecule has 0 aliphatic carbocycles. The van der Waals surface area contributed by atoms with E-state index in [1.54, 1.807) is 6.92 Å². The number of nitrogens with one attached hydrogen (secondary N) is 1. The minimum Gasteiger partial charge on any atom is -0.469 e. The molecule has 6 heteroatoms. The largest absolute Gasteiger partial charge is 0.469 e. The molecule has 0 aliphatic heterocycles. The third-order valence-corrected chi connectivity index (χ3v) is 2.39. The van der Waals surface area contributed by atoms with Crippen molar-refractivity contribution in [1.82, 2.24) is 5.32 Å². The minimum absolute atomic E-state index is 0.104. The first-order valence-corrected chi connectivity index (χ1v) is 5.08. The van der Waals surface area contributed by atoms with Gasteiger partial charge in [-0.05, 0) is 18.8 Å². The van der Waals surface area contributed by atoms with Crippen LogP contribution in [0.4, 0.5) is 0 Å². The Morgan fingerprint density at radius 3 is 2.56 bits per heavy atom. The van der Waals surface area contributed by atoms with E-state index in [9.17, 15) is 14.4 Å². The molecule has 2 atom stereocenters. The van der Waals surface area contributed by atoms with Crippen LogP contribution in [0.15, 0.2) is 0 Å². The number of nitrogens with two attached hydrogens (primary N) is 1. The first kappa shape index (κ1) is 14.4. The summed E-state index contributed by atoms with van der Waals surface area (Å²) in [7, 11) is 1.33. The van der Waals surface area contributed by atoms with Crippen LogP contribution in [0.25, 0.3) is 0 Å². The lowest BCUT2D eigenvalue weighted by atomic mass is 9.95. The van der Waals surface area contributed by atoms with Crippen molar-refractivity contribution in [2.75, 3.05) is 7.11 Å². The van der Waals surface area contributed by atoms with E-state index in [0.717, 1.165) is 0 Å². The summed E-state index contributed by atoms with van der Waals surface area (Å²) in [6.07, 6.45) is 1.96. The summed E-state index contributed by atoms with van der Waals surface area (Å²) < 4.78 is 4.49. The third-order valence-electron chi connectivity index (χ3n) is 2.39. The molecular formula is C10H18N2O4. The van der Waals surface area contributed by atoms with Crippen LogP contribution in [0.3, 0.4) is 0 Å². The molecule has 0 aromatic rings. The summed E-state index contributed by atoms with van der Waals surface area (Å²) in [6, 6.07) is -0.685. The third kappa shape index (κ3) is 5.33. The van der Waals surface area contributed by atoms with Gasteiger partial charge in [-0.3, -0.25) is 14.4 Å². The van der Waals surface area contributed by atoms with Gasteiger partial charge in [0, 0.05) is 6.42 Å². The summed E-state index contributed by atoms with van der Waals surface area (Å²) in [6.45, 7) is 1.79. The van der Waals surface area contributed by atoms with Crippen LogP contribution in [-0.4, -0.2) is 31.4 Å². The molecule has 0 heterocycles. The molecule has 0 aromatic heterocycles. The standard InChI is InChI=1S/C10H18N2O4/c1-7(4-3-5-8(14)16-2)9(10(11)15)12-6-13/h6-7,9H,3-5H2,1-2H3,(H2,11,15)(H,12,13)/t7-,9-/m0/s1. The maximum atomic E-state index is 11.0. The molecule has 0 spiro atoms. The van der Waals surface area contributed by atoms with Crippen molar-refractivity contribution in [3.05, 3.63) is 0 Å². The number of esters is 1. The van der Waals surface area contributed by atoms with Crippen LogP contribution >= 0.6 is 0 Å². The van der Waals surface area contributed by atoms with Crippen molar-refractivity contribution in [2.24, 2.45) is 11.7 Å². The maximum Gasteiger partial charge on any atom is 0.305 e. The second kappa shape index (κ2) is 7.67. The molecule has 0 aliphatic rings. The predicted octanol–water partition coefficient (Wildman–Crippen LogP) is -0.434. The fraction of sp³-hybridized carbons (Fsp3) is 0.700. The topological polar surface area (TPSA) is 98.5 Å². The molecule has 0 radical (unpaired) electrons. The normalized spacial score (nSPS) is 13.6. The zero-order chi connectivity index (χ0) is 12.6. The number of ether oxygens (including phenoxy) is 1. The summed E-state index contributed by atoms with van der Waals surface area (Å²) in [5.74, 6) is -0.962. The summed E-state index contributed by atoms with van der Waals surface area (Å²) in [5.41, 5.74) is 5.13. The van der Waals surface area contributed by atoms with Crippen LogP contribution in [0.5, 0.6) is 0 Å².